The van der Waals surface area contributed by atoms with Crippen LogP contribution in [-0.2, 0) is 20.2 Å². The van der Waals surface area contributed by atoms with Gasteiger partial charge in [0.2, 0.25) is 0 Å². The molecule has 0 radical (unpaired) electrons. The van der Waals surface area contributed by atoms with Gasteiger partial charge in [-0.15, -0.1) is 0 Å². The zero-order chi connectivity index (χ0) is 20.1. The zero-order valence-electron chi connectivity index (χ0n) is 16.6. The van der Waals surface area contributed by atoms with E-state index in [2.05, 4.69) is 10.4 Å². The van der Waals surface area contributed by atoms with E-state index in [0.29, 0.717) is 24.7 Å². The number of nitrogens with one attached hydrogen (secondary N) is 1. The molecule has 3 aromatic rings. The molecule has 0 atom stereocenters. The number of benzene rings is 1. The van der Waals surface area contributed by atoms with Crippen LogP contribution in [0.25, 0.3) is 0 Å². The van der Waals surface area contributed by atoms with E-state index < -0.39 is 0 Å². The van der Waals surface area contributed by atoms with Crippen LogP contribution in [-0.4, -0.2) is 22.3 Å². The number of aryl methyl sites for hydroxylation is 2. The maximum absolute atomic E-state index is 12.3. The molecule has 2 heterocycles. The fourth-order valence-electron chi connectivity index (χ4n) is 2.86. The molecule has 7 heteroatoms. The van der Waals surface area contributed by atoms with E-state index in [-0.39, 0.29) is 18.3 Å². The number of amides is 1. The Bertz CT molecular complexity index is 941. The molecule has 0 saturated heterocycles. The summed E-state index contributed by atoms with van der Waals surface area (Å²) in [7, 11) is 1.89. The first kappa shape index (κ1) is 19.5. The van der Waals surface area contributed by atoms with Gasteiger partial charge in [-0.05, 0) is 57.2 Å². The van der Waals surface area contributed by atoms with Crippen molar-refractivity contribution in [3.8, 4) is 11.5 Å². The van der Waals surface area contributed by atoms with E-state index in [0.717, 1.165) is 22.7 Å². The van der Waals surface area contributed by atoms with Crippen LogP contribution in [0.4, 0.5) is 0 Å². The Morgan fingerprint density at radius 3 is 2.39 bits per heavy atom. The van der Waals surface area contributed by atoms with Gasteiger partial charge in [0.15, 0.2) is 5.76 Å². The minimum atomic E-state index is -0.269. The molecular weight excluding hydrogens is 358 g/mol. The van der Waals surface area contributed by atoms with Gasteiger partial charge in [-0.3, -0.25) is 9.48 Å². The summed E-state index contributed by atoms with van der Waals surface area (Å²) in [5, 5.41) is 7.23. The number of hydrogen-bond acceptors (Lipinski definition) is 5. The normalized spacial score (nSPS) is 10.7. The number of carbonyl (C=O) groups is 1. The van der Waals surface area contributed by atoms with Crippen LogP contribution in [0.2, 0.25) is 0 Å². The van der Waals surface area contributed by atoms with E-state index in [1.54, 1.807) is 16.8 Å². The average Bonchev–Trinajstić information content (AvgIpc) is 3.25. The molecule has 0 spiro atoms. The monoisotopic (exact) mass is 383 g/mol. The summed E-state index contributed by atoms with van der Waals surface area (Å²) in [5.41, 5.74) is 2.95. The van der Waals surface area contributed by atoms with Crippen molar-refractivity contribution in [2.75, 3.05) is 6.61 Å². The molecule has 28 heavy (non-hydrogen) atoms. The fourth-order valence-corrected chi connectivity index (χ4v) is 2.86. The molecule has 0 unspecified atom stereocenters. The van der Waals surface area contributed by atoms with Crippen LogP contribution in [0.15, 0.2) is 40.8 Å². The van der Waals surface area contributed by atoms with E-state index in [9.17, 15) is 4.79 Å². The van der Waals surface area contributed by atoms with Gasteiger partial charge < -0.3 is 19.2 Å². The lowest BCUT2D eigenvalue weighted by atomic mass is 10.2. The van der Waals surface area contributed by atoms with Crippen LogP contribution in [0.1, 0.15) is 40.2 Å². The Kier molecular flexibility index (Phi) is 6.03. The number of aromatic nitrogens is 2. The number of carbonyl (C=O) groups excluding carboxylic acids is 1. The van der Waals surface area contributed by atoms with Crippen molar-refractivity contribution in [2.45, 2.75) is 33.9 Å². The molecule has 3 rings (SSSR count). The van der Waals surface area contributed by atoms with Crippen molar-refractivity contribution in [2.24, 2.45) is 7.05 Å². The van der Waals surface area contributed by atoms with Gasteiger partial charge in [0.05, 0.1) is 12.3 Å². The Morgan fingerprint density at radius 2 is 1.79 bits per heavy atom. The predicted octanol–water partition coefficient (Wildman–Crippen LogP) is 3.54. The third-order valence-electron chi connectivity index (χ3n) is 4.49. The molecule has 0 aliphatic heterocycles. The number of rotatable bonds is 8. The summed E-state index contributed by atoms with van der Waals surface area (Å²) < 4.78 is 18.5. The van der Waals surface area contributed by atoms with Crippen molar-refractivity contribution in [3.63, 3.8) is 0 Å². The molecule has 1 aromatic carbocycles. The second-order valence-corrected chi connectivity index (χ2v) is 6.41. The molecule has 1 amide bonds. The first-order valence-electron chi connectivity index (χ1n) is 9.19. The summed E-state index contributed by atoms with van der Waals surface area (Å²) in [5.74, 6) is 2.06. The van der Waals surface area contributed by atoms with Gasteiger partial charge in [0.1, 0.15) is 23.9 Å². The summed E-state index contributed by atoms with van der Waals surface area (Å²) >= 11 is 0. The van der Waals surface area contributed by atoms with Gasteiger partial charge in [-0.25, -0.2) is 0 Å². The smallest absolute Gasteiger partial charge is 0.287 e. The van der Waals surface area contributed by atoms with Crippen LogP contribution in [0, 0.1) is 13.8 Å². The van der Waals surface area contributed by atoms with Gasteiger partial charge in [-0.2, -0.15) is 5.10 Å². The maximum atomic E-state index is 12.3. The fraction of sp³-hybridized carbons (Fsp3) is 0.333. The van der Waals surface area contributed by atoms with Crippen molar-refractivity contribution in [3.05, 3.63) is 64.9 Å². The Hall–Kier alpha value is -3.22. The van der Waals surface area contributed by atoms with Gasteiger partial charge in [-0.1, -0.05) is 0 Å². The number of nitrogens with zero attached hydrogens (tertiary/aromatic N) is 2. The van der Waals surface area contributed by atoms with Crippen LogP contribution in [0.5, 0.6) is 11.5 Å². The lowest BCUT2D eigenvalue weighted by Gasteiger charge is -2.06. The number of furan rings is 1. The van der Waals surface area contributed by atoms with Crippen LogP contribution >= 0.6 is 0 Å². The van der Waals surface area contributed by atoms with Gasteiger partial charge >= 0.3 is 0 Å². The first-order valence-corrected chi connectivity index (χ1v) is 9.19. The highest BCUT2D eigenvalue weighted by Gasteiger charge is 2.14. The Labute approximate surface area is 164 Å². The highest BCUT2D eigenvalue weighted by atomic mass is 16.5. The third kappa shape index (κ3) is 4.54. The van der Waals surface area contributed by atoms with Crippen LogP contribution in [0.3, 0.4) is 0 Å². The molecule has 0 aliphatic rings. The summed E-state index contributed by atoms with van der Waals surface area (Å²) in [6, 6.07) is 10.8. The van der Waals surface area contributed by atoms with E-state index in [4.69, 9.17) is 13.9 Å². The minimum absolute atomic E-state index is 0.238. The molecule has 0 saturated carbocycles. The summed E-state index contributed by atoms with van der Waals surface area (Å²) in [6.07, 6.45) is 0. The molecular formula is C21H25N3O4. The topological polar surface area (TPSA) is 78.5 Å². The highest BCUT2D eigenvalue weighted by molar-refractivity contribution is 5.91. The molecule has 7 nitrogen and oxygen atoms in total. The maximum Gasteiger partial charge on any atom is 0.287 e. The second-order valence-electron chi connectivity index (χ2n) is 6.41. The highest BCUT2D eigenvalue weighted by Crippen LogP contribution is 2.19. The van der Waals surface area contributed by atoms with Crippen molar-refractivity contribution in [1.29, 1.82) is 0 Å². The molecule has 0 bridgehead atoms. The number of hydrogen-bond donors (Lipinski definition) is 1. The van der Waals surface area contributed by atoms with E-state index in [1.807, 2.05) is 52.1 Å². The largest absolute Gasteiger partial charge is 0.494 e. The zero-order valence-corrected chi connectivity index (χ0v) is 16.6. The Balaban J connectivity index is 1.53. The average molecular weight is 383 g/mol. The van der Waals surface area contributed by atoms with E-state index in [1.165, 1.54) is 0 Å². The molecule has 0 fully saturated rings. The van der Waals surface area contributed by atoms with E-state index >= 15 is 0 Å². The van der Waals surface area contributed by atoms with Crippen molar-refractivity contribution < 1.29 is 18.7 Å². The van der Waals surface area contributed by atoms with Gasteiger partial charge in [0.25, 0.3) is 5.91 Å². The van der Waals surface area contributed by atoms with Crippen LogP contribution < -0.4 is 14.8 Å². The lowest BCUT2D eigenvalue weighted by molar-refractivity contribution is 0.0919. The second kappa shape index (κ2) is 8.65. The summed E-state index contributed by atoms with van der Waals surface area (Å²) in [4.78, 5) is 12.3. The summed E-state index contributed by atoms with van der Waals surface area (Å²) in [6.45, 7) is 7.11. The molecule has 148 valence electrons. The number of ether oxygens (including phenoxy) is 2. The standard InChI is InChI=1S/C21H25N3O4/c1-5-26-16-6-8-17(9-7-16)27-13-18-10-11-20(28-18)21(25)22-12-19-14(2)23-24(4)15(19)3/h6-11H,5,12-13H2,1-4H3,(H,22,25). The molecule has 0 aliphatic carbocycles. The quantitative estimate of drug-likeness (QED) is 0.644. The van der Waals surface area contributed by atoms with Crippen molar-refractivity contribution >= 4 is 5.91 Å². The van der Waals surface area contributed by atoms with Gasteiger partial charge in [0, 0.05) is 24.8 Å². The lowest BCUT2D eigenvalue weighted by Crippen LogP contribution is -2.23. The minimum Gasteiger partial charge on any atom is -0.494 e. The Morgan fingerprint density at radius 1 is 1.11 bits per heavy atom. The third-order valence-corrected chi connectivity index (χ3v) is 4.49. The predicted molar refractivity (Wildman–Crippen MR) is 105 cm³/mol. The molecule has 1 N–H and O–H groups in total. The first-order chi connectivity index (χ1) is 13.5. The molecule has 2 aromatic heterocycles. The SMILES string of the molecule is CCOc1ccc(OCc2ccc(C(=O)NCc3c(C)nn(C)c3C)o2)cc1. The van der Waals surface area contributed by atoms with Crippen molar-refractivity contribution in [1.82, 2.24) is 15.1 Å².